The van der Waals surface area contributed by atoms with Crippen molar-refractivity contribution in [2.75, 3.05) is 19.7 Å². The molecule has 2 aromatic rings. The van der Waals surface area contributed by atoms with Crippen molar-refractivity contribution in [2.24, 2.45) is 11.1 Å². The predicted octanol–water partition coefficient (Wildman–Crippen LogP) is 3.37. The summed E-state index contributed by atoms with van der Waals surface area (Å²) in [5.41, 5.74) is 5.69. The van der Waals surface area contributed by atoms with E-state index in [-0.39, 0.29) is 13.0 Å². The zero-order valence-electron chi connectivity index (χ0n) is 16.3. The summed E-state index contributed by atoms with van der Waals surface area (Å²) in [6.07, 6.45) is 1.12. The molecule has 8 heteroatoms. The van der Waals surface area contributed by atoms with Gasteiger partial charge in [0.1, 0.15) is 5.75 Å². The first-order valence-corrected chi connectivity index (χ1v) is 11.3. The standard InChI is InChI=1S/C21H25ClN2O4S/c1-16-5-2-3-8-19(16)29(26,27)24-11-9-21(10-12-24,14-20(23)25)15-28-18-7-4-6-17(22)13-18/h2-8,13H,9-12,14-15H2,1H3,(H2,23,25). The molecule has 1 aliphatic heterocycles. The molecule has 2 N–H and O–H groups in total. The number of halogens is 1. The van der Waals surface area contributed by atoms with Crippen LogP contribution in [-0.2, 0) is 14.8 Å². The number of nitrogens with zero attached hydrogens (tertiary/aromatic N) is 1. The highest BCUT2D eigenvalue weighted by molar-refractivity contribution is 7.89. The van der Waals surface area contributed by atoms with E-state index in [1.165, 1.54) is 4.31 Å². The number of ether oxygens (including phenoxy) is 1. The lowest BCUT2D eigenvalue weighted by Crippen LogP contribution is -2.47. The summed E-state index contributed by atoms with van der Waals surface area (Å²) >= 11 is 6.00. The number of carbonyl (C=O) groups excluding carboxylic acids is 1. The van der Waals surface area contributed by atoms with Gasteiger partial charge in [0.15, 0.2) is 0 Å². The summed E-state index contributed by atoms with van der Waals surface area (Å²) in [4.78, 5) is 12.0. The first-order chi connectivity index (χ1) is 13.7. The van der Waals surface area contributed by atoms with Crippen molar-refractivity contribution in [2.45, 2.75) is 31.1 Å². The molecule has 1 aliphatic rings. The third kappa shape index (κ3) is 5.10. The Balaban J connectivity index is 1.74. The van der Waals surface area contributed by atoms with Gasteiger partial charge in [-0.2, -0.15) is 4.31 Å². The Bertz CT molecular complexity index is 986. The first-order valence-electron chi connectivity index (χ1n) is 9.44. The van der Waals surface area contributed by atoms with E-state index in [2.05, 4.69) is 0 Å². The molecule has 156 valence electrons. The normalized spacial score (nSPS) is 17.0. The molecule has 0 spiro atoms. The molecule has 1 fully saturated rings. The molecule has 3 rings (SSSR count). The lowest BCUT2D eigenvalue weighted by atomic mass is 9.76. The third-order valence-corrected chi connectivity index (χ3v) is 7.68. The zero-order chi connectivity index (χ0) is 21.1. The van der Waals surface area contributed by atoms with Crippen molar-refractivity contribution in [1.82, 2.24) is 4.31 Å². The van der Waals surface area contributed by atoms with Gasteiger partial charge in [-0.3, -0.25) is 4.79 Å². The van der Waals surface area contributed by atoms with Crippen LogP contribution in [0.25, 0.3) is 0 Å². The second-order valence-electron chi connectivity index (χ2n) is 7.56. The smallest absolute Gasteiger partial charge is 0.243 e. The van der Waals surface area contributed by atoms with Gasteiger partial charge < -0.3 is 10.5 Å². The molecule has 0 bridgehead atoms. The Morgan fingerprint density at radius 3 is 2.48 bits per heavy atom. The van der Waals surface area contributed by atoms with Gasteiger partial charge in [-0.25, -0.2) is 8.42 Å². The fraction of sp³-hybridized carbons (Fsp3) is 0.381. The number of primary amides is 1. The van der Waals surface area contributed by atoms with E-state index in [4.69, 9.17) is 22.1 Å². The Morgan fingerprint density at radius 1 is 1.17 bits per heavy atom. The zero-order valence-corrected chi connectivity index (χ0v) is 17.9. The molecule has 0 radical (unpaired) electrons. The maximum Gasteiger partial charge on any atom is 0.243 e. The molecule has 29 heavy (non-hydrogen) atoms. The van der Waals surface area contributed by atoms with Crippen LogP contribution in [0.1, 0.15) is 24.8 Å². The number of amides is 1. The SMILES string of the molecule is Cc1ccccc1S(=O)(=O)N1CCC(COc2cccc(Cl)c2)(CC(N)=O)CC1. The number of rotatable bonds is 7. The van der Waals surface area contributed by atoms with E-state index >= 15 is 0 Å². The van der Waals surface area contributed by atoms with Gasteiger partial charge in [0.25, 0.3) is 0 Å². The highest BCUT2D eigenvalue weighted by Gasteiger charge is 2.40. The number of piperidine rings is 1. The van der Waals surface area contributed by atoms with E-state index in [0.717, 1.165) is 0 Å². The van der Waals surface area contributed by atoms with Crippen LogP contribution in [-0.4, -0.2) is 38.3 Å². The van der Waals surface area contributed by atoms with Gasteiger partial charge >= 0.3 is 0 Å². The van der Waals surface area contributed by atoms with Gasteiger partial charge in [0.05, 0.1) is 11.5 Å². The summed E-state index contributed by atoms with van der Waals surface area (Å²) in [6, 6.07) is 14.0. The summed E-state index contributed by atoms with van der Waals surface area (Å²) in [7, 11) is -3.59. The maximum absolute atomic E-state index is 13.0. The highest BCUT2D eigenvalue weighted by atomic mass is 35.5. The van der Waals surface area contributed by atoms with Crippen molar-refractivity contribution in [1.29, 1.82) is 0 Å². The van der Waals surface area contributed by atoms with Gasteiger partial charge in [0, 0.05) is 29.9 Å². The van der Waals surface area contributed by atoms with Crippen molar-refractivity contribution < 1.29 is 17.9 Å². The van der Waals surface area contributed by atoms with E-state index in [9.17, 15) is 13.2 Å². The molecule has 0 saturated carbocycles. The minimum absolute atomic E-state index is 0.145. The molecule has 0 aliphatic carbocycles. The average Bonchev–Trinajstić information content (AvgIpc) is 2.67. The molecule has 0 unspecified atom stereocenters. The molecular weight excluding hydrogens is 412 g/mol. The topological polar surface area (TPSA) is 89.7 Å². The molecule has 0 atom stereocenters. The average molecular weight is 437 g/mol. The fourth-order valence-electron chi connectivity index (χ4n) is 3.72. The monoisotopic (exact) mass is 436 g/mol. The Morgan fingerprint density at radius 2 is 1.86 bits per heavy atom. The number of sulfonamides is 1. The van der Waals surface area contributed by atoms with Crippen LogP contribution in [0, 0.1) is 12.3 Å². The number of aryl methyl sites for hydroxylation is 1. The first kappa shape index (κ1) is 21.6. The lowest BCUT2D eigenvalue weighted by molar-refractivity contribution is -0.121. The van der Waals surface area contributed by atoms with E-state index in [1.54, 1.807) is 49.4 Å². The quantitative estimate of drug-likeness (QED) is 0.720. The van der Waals surface area contributed by atoms with Gasteiger partial charge in [-0.05, 0) is 49.6 Å². The fourth-order valence-corrected chi connectivity index (χ4v) is 5.57. The number of benzene rings is 2. The molecule has 1 saturated heterocycles. The molecule has 1 amide bonds. The van der Waals surface area contributed by atoms with Gasteiger partial charge in [-0.15, -0.1) is 0 Å². The van der Waals surface area contributed by atoms with Crippen molar-refractivity contribution in [3.8, 4) is 5.75 Å². The second kappa shape index (κ2) is 8.73. The summed E-state index contributed by atoms with van der Waals surface area (Å²) in [5.74, 6) is 0.186. The minimum atomic E-state index is -3.59. The van der Waals surface area contributed by atoms with Crippen LogP contribution in [0.3, 0.4) is 0 Å². The van der Waals surface area contributed by atoms with Crippen molar-refractivity contribution in [3.63, 3.8) is 0 Å². The lowest BCUT2D eigenvalue weighted by Gasteiger charge is -2.40. The predicted molar refractivity (Wildman–Crippen MR) is 112 cm³/mol. The minimum Gasteiger partial charge on any atom is -0.493 e. The number of nitrogens with two attached hydrogens (primary N) is 1. The number of hydrogen-bond donors (Lipinski definition) is 1. The molecule has 6 nitrogen and oxygen atoms in total. The third-order valence-electron chi connectivity index (χ3n) is 5.38. The molecule has 2 aromatic carbocycles. The van der Waals surface area contributed by atoms with Gasteiger partial charge in [-0.1, -0.05) is 35.9 Å². The van der Waals surface area contributed by atoms with Crippen molar-refractivity contribution in [3.05, 3.63) is 59.1 Å². The molecular formula is C21H25ClN2O4S. The second-order valence-corrected chi connectivity index (χ2v) is 9.90. The Hall–Kier alpha value is -2.09. The largest absolute Gasteiger partial charge is 0.493 e. The van der Waals surface area contributed by atoms with Crippen LogP contribution in [0.5, 0.6) is 5.75 Å². The van der Waals surface area contributed by atoms with E-state index < -0.39 is 21.3 Å². The van der Waals surface area contributed by atoms with Crippen LogP contribution in [0.2, 0.25) is 5.02 Å². The van der Waals surface area contributed by atoms with Crippen LogP contribution < -0.4 is 10.5 Å². The Labute approximate surface area is 176 Å². The van der Waals surface area contributed by atoms with E-state index in [1.807, 2.05) is 6.07 Å². The van der Waals surface area contributed by atoms with Crippen LogP contribution in [0.4, 0.5) is 0 Å². The molecule has 1 heterocycles. The highest BCUT2D eigenvalue weighted by Crippen LogP contribution is 2.38. The molecule has 0 aromatic heterocycles. The van der Waals surface area contributed by atoms with Crippen LogP contribution in [0.15, 0.2) is 53.4 Å². The van der Waals surface area contributed by atoms with Crippen LogP contribution >= 0.6 is 11.6 Å². The summed E-state index contributed by atoms with van der Waals surface area (Å²) < 4.78 is 33.5. The summed E-state index contributed by atoms with van der Waals surface area (Å²) in [6.45, 7) is 2.67. The summed E-state index contributed by atoms with van der Waals surface area (Å²) in [5, 5.41) is 0.561. The Kier molecular flexibility index (Phi) is 6.51. The van der Waals surface area contributed by atoms with Gasteiger partial charge in [0.2, 0.25) is 15.9 Å². The number of hydrogen-bond acceptors (Lipinski definition) is 4. The van der Waals surface area contributed by atoms with E-state index in [0.29, 0.717) is 47.2 Å². The number of carbonyl (C=O) groups is 1. The maximum atomic E-state index is 13.0. The van der Waals surface area contributed by atoms with Crippen molar-refractivity contribution >= 4 is 27.5 Å².